The molecule has 0 aliphatic carbocycles. The van der Waals surface area contributed by atoms with Gasteiger partial charge in [-0.3, -0.25) is 0 Å². The summed E-state index contributed by atoms with van der Waals surface area (Å²) >= 11 is 0. The van der Waals surface area contributed by atoms with Crippen molar-refractivity contribution in [3.8, 4) is 5.75 Å². The Morgan fingerprint density at radius 1 is 1.32 bits per heavy atom. The second-order valence-corrected chi connectivity index (χ2v) is 5.64. The number of fused-ring (bicyclic) bond motifs is 1. The third kappa shape index (κ3) is 3.11. The number of rotatable bonds is 6. The molecule has 4 heteroatoms. The van der Waals surface area contributed by atoms with E-state index in [2.05, 4.69) is 13.8 Å². The lowest BCUT2D eigenvalue weighted by molar-refractivity contribution is 0.0527. The molecular weight excluding hydrogens is 278 g/mol. The lowest BCUT2D eigenvalue weighted by atomic mass is 10.1. The first-order chi connectivity index (χ1) is 10.5. The quantitative estimate of drug-likeness (QED) is 0.750. The van der Waals surface area contributed by atoms with Gasteiger partial charge in [0, 0.05) is 23.6 Å². The molecule has 2 rings (SSSR count). The van der Waals surface area contributed by atoms with Gasteiger partial charge in [0.2, 0.25) is 0 Å². The van der Waals surface area contributed by atoms with E-state index in [4.69, 9.17) is 9.47 Å². The van der Waals surface area contributed by atoms with E-state index in [-0.39, 0.29) is 12.1 Å². The molecule has 1 atom stereocenters. The van der Waals surface area contributed by atoms with Gasteiger partial charge in [-0.15, -0.1) is 0 Å². The highest BCUT2D eigenvalue weighted by Crippen LogP contribution is 2.29. The smallest absolute Gasteiger partial charge is 0.340 e. The number of esters is 1. The van der Waals surface area contributed by atoms with Gasteiger partial charge in [0.25, 0.3) is 0 Å². The van der Waals surface area contributed by atoms with Crippen molar-refractivity contribution in [2.45, 2.75) is 46.6 Å². The van der Waals surface area contributed by atoms with Gasteiger partial charge in [-0.2, -0.15) is 0 Å². The lowest BCUT2D eigenvalue weighted by Gasteiger charge is -2.14. The average Bonchev–Trinajstić information content (AvgIpc) is 2.71. The number of ether oxygens (including phenoxy) is 2. The average molecular weight is 303 g/mol. The van der Waals surface area contributed by atoms with E-state index in [1.807, 2.05) is 43.7 Å². The van der Waals surface area contributed by atoms with Gasteiger partial charge in [-0.1, -0.05) is 13.3 Å². The summed E-state index contributed by atoms with van der Waals surface area (Å²) in [7, 11) is 1.96. The van der Waals surface area contributed by atoms with Crippen molar-refractivity contribution < 1.29 is 14.3 Å². The molecule has 22 heavy (non-hydrogen) atoms. The van der Waals surface area contributed by atoms with E-state index in [0.717, 1.165) is 35.2 Å². The van der Waals surface area contributed by atoms with Crippen LogP contribution in [0.1, 0.15) is 49.7 Å². The highest BCUT2D eigenvalue weighted by molar-refractivity contribution is 6.06. The zero-order valence-electron chi connectivity index (χ0n) is 14.1. The number of nitrogens with zero attached hydrogens (tertiary/aromatic N) is 1. The van der Waals surface area contributed by atoms with Crippen LogP contribution in [-0.4, -0.2) is 23.2 Å². The van der Waals surface area contributed by atoms with Gasteiger partial charge in [-0.25, -0.2) is 4.79 Å². The molecule has 4 nitrogen and oxygen atoms in total. The lowest BCUT2D eigenvalue weighted by Crippen LogP contribution is -2.11. The van der Waals surface area contributed by atoms with Gasteiger partial charge < -0.3 is 14.0 Å². The van der Waals surface area contributed by atoms with Crippen LogP contribution in [-0.2, 0) is 11.8 Å². The van der Waals surface area contributed by atoms with Crippen molar-refractivity contribution in [1.82, 2.24) is 4.57 Å². The maximum Gasteiger partial charge on any atom is 0.340 e. The number of aryl methyl sites for hydroxylation is 1. The third-order valence-corrected chi connectivity index (χ3v) is 3.98. The standard InChI is InChI=1S/C18H25NO3/c1-6-8-12(3)22-14-9-10-16-15(11-14)17(13(4)19(16)5)18(20)21-7-2/h9-12H,6-8H2,1-5H3/t12-/m1/s1. The van der Waals surface area contributed by atoms with Crippen LogP contribution < -0.4 is 4.74 Å². The van der Waals surface area contributed by atoms with Crippen molar-refractivity contribution in [3.05, 3.63) is 29.5 Å². The second-order valence-electron chi connectivity index (χ2n) is 5.64. The van der Waals surface area contributed by atoms with Crippen LogP contribution in [0.15, 0.2) is 18.2 Å². The largest absolute Gasteiger partial charge is 0.491 e. The SMILES string of the molecule is CCC[C@@H](C)Oc1ccc2c(c1)c(C(=O)OCC)c(C)n2C. The molecule has 1 heterocycles. The normalized spacial score (nSPS) is 12.4. The summed E-state index contributed by atoms with van der Waals surface area (Å²) in [4.78, 5) is 12.3. The number of hydrogen-bond acceptors (Lipinski definition) is 3. The predicted molar refractivity (Wildman–Crippen MR) is 88.6 cm³/mol. The Labute approximate surface area is 132 Å². The van der Waals surface area contributed by atoms with E-state index in [1.54, 1.807) is 0 Å². The Balaban J connectivity index is 2.46. The fourth-order valence-corrected chi connectivity index (χ4v) is 2.78. The Hall–Kier alpha value is -1.97. The van der Waals surface area contributed by atoms with Crippen molar-refractivity contribution in [2.24, 2.45) is 7.05 Å². The fraction of sp³-hybridized carbons (Fsp3) is 0.500. The summed E-state index contributed by atoms with van der Waals surface area (Å²) < 4.78 is 13.2. The number of hydrogen-bond donors (Lipinski definition) is 0. The zero-order chi connectivity index (χ0) is 16.3. The molecule has 1 aromatic heterocycles. The number of carbonyl (C=O) groups excluding carboxylic acids is 1. The molecule has 0 unspecified atom stereocenters. The minimum atomic E-state index is -0.274. The first-order valence-corrected chi connectivity index (χ1v) is 7.92. The Morgan fingerprint density at radius 3 is 2.68 bits per heavy atom. The molecule has 0 aliphatic rings. The van der Waals surface area contributed by atoms with E-state index >= 15 is 0 Å². The molecule has 120 valence electrons. The first kappa shape index (κ1) is 16.4. The maximum atomic E-state index is 12.3. The van der Waals surface area contributed by atoms with Crippen LogP contribution in [0.25, 0.3) is 10.9 Å². The van der Waals surface area contributed by atoms with Gasteiger partial charge in [0.1, 0.15) is 5.75 Å². The molecule has 0 N–H and O–H groups in total. The minimum absolute atomic E-state index is 0.165. The third-order valence-electron chi connectivity index (χ3n) is 3.98. The van der Waals surface area contributed by atoms with Gasteiger partial charge in [0.15, 0.2) is 0 Å². The Bertz CT molecular complexity index is 673. The van der Waals surface area contributed by atoms with Gasteiger partial charge in [0.05, 0.1) is 18.3 Å². The van der Waals surface area contributed by atoms with E-state index in [9.17, 15) is 4.79 Å². The van der Waals surface area contributed by atoms with Crippen LogP contribution in [0.5, 0.6) is 5.75 Å². The summed E-state index contributed by atoms with van der Waals surface area (Å²) in [5.41, 5.74) is 2.55. The molecule has 0 fully saturated rings. The maximum absolute atomic E-state index is 12.3. The van der Waals surface area contributed by atoms with Crippen LogP contribution in [0.4, 0.5) is 0 Å². The van der Waals surface area contributed by atoms with Gasteiger partial charge in [-0.05, 0) is 45.4 Å². The van der Waals surface area contributed by atoms with Gasteiger partial charge >= 0.3 is 5.97 Å². The predicted octanol–water partition coefficient (Wildman–Crippen LogP) is 4.23. The molecule has 0 amide bonds. The molecule has 2 aromatic rings. The summed E-state index contributed by atoms with van der Waals surface area (Å²) in [6, 6.07) is 5.91. The molecule has 0 radical (unpaired) electrons. The number of benzene rings is 1. The molecule has 0 saturated heterocycles. The van der Waals surface area contributed by atoms with Crippen molar-refractivity contribution in [2.75, 3.05) is 6.61 Å². The molecule has 0 spiro atoms. The Kier molecular flexibility index (Phi) is 5.11. The highest BCUT2D eigenvalue weighted by Gasteiger charge is 2.20. The zero-order valence-corrected chi connectivity index (χ0v) is 14.1. The summed E-state index contributed by atoms with van der Waals surface area (Å²) in [5.74, 6) is 0.522. The second kappa shape index (κ2) is 6.86. The van der Waals surface area contributed by atoms with E-state index < -0.39 is 0 Å². The number of carbonyl (C=O) groups is 1. The molecule has 1 aromatic carbocycles. The monoisotopic (exact) mass is 303 g/mol. The van der Waals surface area contributed by atoms with E-state index in [1.165, 1.54) is 0 Å². The van der Waals surface area contributed by atoms with Crippen LogP contribution in [0, 0.1) is 6.92 Å². The topological polar surface area (TPSA) is 40.5 Å². The highest BCUT2D eigenvalue weighted by atomic mass is 16.5. The molecule has 0 bridgehead atoms. The minimum Gasteiger partial charge on any atom is -0.491 e. The fourth-order valence-electron chi connectivity index (χ4n) is 2.78. The molecule has 0 saturated carbocycles. The van der Waals surface area contributed by atoms with Crippen LogP contribution in [0.2, 0.25) is 0 Å². The summed E-state index contributed by atoms with van der Waals surface area (Å²) in [5, 5.41) is 0.889. The van der Waals surface area contributed by atoms with Crippen LogP contribution in [0.3, 0.4) is 0 Å². The summed E-state index contributed by atoms with van der Waals surface area (Å²) in [6.45, 7) is 8.34. The summed E-state index contributed by atoms with van der Waals surface area (Å²) in [6.07, 6.45) is 2.26. The van der Waals surface area contributed by atoms with Crippen molar-refractivity contribution >= 4 is 16.9 Å². The van der Waals surface area contributed by atoms with Crippen molar-refractivity contribution in [1.29, 1.82) is 0 Å². The first-order valence-electron chi connectivity index (χ1n) is 7.92. The van der Waals surface area contributed by atoms with E-state index in [0.29, 0.717) is 12.2 Å². The number of aromatic nitrogens is 1. The molecule has 0 aliphatic heterocycles. The van der Waals surface area contributed by atoms with Crippen molar-refractivity contribution in [3.63, 3.8) is 0 Å². The molecular formula is C18H25NO3. The van der Waals surface area contributed by atoms with Crippen LogP contribution >= 0.6 is 0 Å². The Morgan fingerprint density at radius 2 is 2.05 bits per heavy atom.